The van der Waals surface area contributed by atoms with Gasteiger partial charge in [0.25, 0.3) is 5.91 Å². The SMILES string of the molecule is Cc1ccc(C)c(C(=O)N2CCN(c3cc(N4CCOCC4)ncn3)CC2)c1. The van der Waals surface area contributed by atoms with Gasteiger partial charge in [-0.15, -0.1) is 0 Å². The van der Waals surface area contributed by atoms with Crippen LogP contribution in [0.3, 0.4) is 0 Å². The highest BCUT2D eigenvalue weighted by atomic mass is 16.5. The van der Waals surface area contributed by atoms with E-state index >= 15 is 0 Å². The average Bonchev–Trinajstić information content (AvgIpc) is 2.76. The van der Waals surface area contributed by atoms with Gasteiger partial charge < -0.3 is 19.4 Å². The number of ether oxygens (including phenoxy) is 1. The number of hydrogen-bond donors (Lipinski definition) is 0. The van der Waals surface area contributed by atoms with Crippen molar-refractivity contribution in [2.24, 2.45) is 0 Å². The highest BCUT2D eigenvalue weighted by Gasteiger charge is 2.24. The summed E-state index contributed by atoms with van der Waals surface area (Å²) < 4.78 is 5.42. The molecule has 1 aromatic heterocycles. The molecule has 0 radical (unpaired) electrons. The van der Waals surface area contributed by atoms with Gasteiger partial charge in [-0.3, -0.25) is 4.79 Å². The van der Waals surface area contributed by atoms with E-state index in [9.17, 15) is 4.79 Å². The molecule has 0 aliphatic carbocycles. The number of hydrogen-bond acceptors (Lipinski definition) is 6. The number of piperazine rings is 1. The molecule has 3 heterocycles. The van der Waals surface area contributed by atoms with E-state index in [0.29, 0.717) is 13.1 Å². The molecule has 4 rings (SSSR count). The van der Waals surface area contributed by atoms with Gasteiger partial charge in [0.1, 0.15) is 18.0 Å². The number of benzene rings is 1. The van der Waals surface area contributed by atoms with Crippen LogP contribution in [0.2, 0.25) is 0 Å². The molecule has 0 atom stereocenters. The van der Waals surface area contributed by atoms with Crippen molar-refractivity contribution < 1.29 is 9.53 Å². The van der Waals surface area contributed by atoms with Crippen molar-refractivity contribution >= 4 is 17.5 Å². The van der Waals surface area contributed by atoms with Crippen molar-refractivity contribution in [1.29, 1.82) is 0 Å². The normalized spacial score (nSPS) is 17.7. The molecule has 7 heteroatoms. The molecule has 0 saturated carbocycles. The van der Waals surface area contributed by atoms with Crippen LogP contribution in [0.15, 0.2) is 30.6 Å². The fraction of sp³-hybridized carbons (Fsp3) is 0.476. The molecule has 0 spiro atoms. The number of nitrogens with zero attached hydrogens (tertiary/aromatic N) is 5. The summed E-state index contributed by atoms with van der Waals surface area (Å²) in [6, 6.07) is 8.11. The third-order valence-electron chi connectivity index (χ3n) is 5.49. The molecule has 0 bridgehead atoms. The van der Waals surface area contributed by atoms with Gasteiger partial charge in [0.05, 0.1) is 13.2 Å². The van der Waals surface area contributed by atoms with E-state index in [4.69, 9.17) is 4.74 Å². The van der Waals surface area contributed by atoms with E-state index in [-0.39, 0.29) is 5.91 Å². The number of aromatic nitrogens is 2. The molecule has 148 valence electrons. The molecule has 0 N–H and O–H groups in total. The van der Waals surface area contributed by atoms with Gasteiger partial charge in [0.15, 0.2) is 0 Å². The van der Waals surface area contributed by atoms with Crippen LogP contribution >= 0.6 is 0 Å². The molecule has 2 fully saturated rings. The van der Waals surface area contributed by atoms with Gasteiger partial charge in [-0.2, -0.15) is 0 Å². The van der Waals surface area contributed by atoms with Gasteiger partial charge in [0.2, 0.25) is 0 Å². The van der Waals surface area contributed by atoms with Gasteiger partial charge in [-0.05, 0) is 25.5 Å². The van der Waals surface area contributed by atoms with Gasteiger partial charge in [-0.1, -0.05) is 17.7 Å². The van der Waals surface area contributed by atoms with E-state index in [0.717, 1.165) is 67.7 Å². The van der Waals surface area contributed by atoms with E-state index in [1.165, 1.54) is 0 Å². The highest BCUT2D eigenvalue weighted by Crippen LogP contribution is 2.21. The molecular weight excluding hydrogens is 354 g/mol. The summed E-state index contributed by atoms with van der Waals surface area (Å²) in [5.74, 6) is 2.00. The maximum absolute atomic E-state index is 12.9. The van der Waals surface area contributed by atoms with Crippen LogP contribution < -0.4 is 9.80 Å². The maximum Gasteiger partial charge on any atom is 0.254 e. The van der Waals surface area contributed by atoms with Crippen LogP contribution in [0, 0.1) is 13.8 Å². The second kappa shape index (κ2) is 8.14. The minimum atomic E-state index is 0.123. The molecule has 1 amide bonds. The van der Waals surface area contributed by atoms with Crippen molar-refractivity contribution in [2.45, 2.75) is 13.8 Å². The monoisotopic (exact) mass is 381 g/mol. The molecule has 2 aromatic rings. The zero-order chi connectivity index (χ0) is 19.5. The van der Waals surface area contributed by atoms with Gasteiger partial charge in [0, 0.05) is 50.9 Å². The summed E-state index contributed by atoms with van der Waals surface area (Å²) in [5, 5.41) is 0. The van der Waals surface area contributed by atoms with E-state index in [1.807, 2.05) is 43.0 Å². The first-order valence-electron chi connectivity index (χ1n) is 9.88. The average molecular weight is 381 g/mol. The molecule has 28 heavy (non-hydrogen) atoms. The number of morpholine rings is 1. The summed E-state index contributed by atoms with van der Waals surface area (Å²) in [4.78, 5) is 28.2. The maximum atomic E-state index is 12.9. The zero-order valence-corrected chi connectivity index (χ0v) is 16.6. The largest absolute Gasteiger partial charge is 0.378 e. The highest BCUT2D eigenvalue weighted by molar-refractivity contribution is 5.96. The predicted octanol–water partition coefficient (Wildman–Crippen LogP) is 1.89. The molecular formula is C21H27N5O2. The lowest BCUT2D eigenvalue weighted by molar-refractivity contribution is 0.0745. The van der Waals surface area contributed by atoms with Crippen LogP contribution in [0.4, 0.5) is 11.6 Å². The topological polar surface area (TPSA) is 61.8 Å². The van der Waals surface area contributed by atoms with Gasteiger partial charge in [-0.25, -0.2) is 9.97 Å². The van der Waals surface area contributed by atoms with Crippen molar-refractivity contribution in [2.75, 3.05) is 62.3 Å². The Kier molecular flexibility index (Phi) is 5.43. The Morgan fingerprint density at radius 1 is 0.893 bits per heavy atom. The van der Waals surface area contributed by atoms with E-state index in [2.05, 4.69) is 19.8 Å². The number of aryl methyl sites for hydroxylation is 2. The molecule has 0 unspecified atom stereocenters. The Hall–Kier alpha value is -2.67. The second-order valence-corrected chi connectivity index (χ2v) is 7.43. The minimum Gasteiger partial charge on any atom is -0.378 e. The van der Waals surface area contributed by atoms with Gasteiger partial charge >= 0.3 is 0 Å². The Balaban J connectivity index is 1.41. The molecule has 2 aliphatic rings. The molecule has 2 saturated heterocycles. The predicted molar refractivity (Wildman–Crippen MR) is 109 cm³/mol. The van der Waals surface area contributed by atoms with Crippen LogP contribution in [-0.4, -0.2) is 73.3 Å². The lowest BCUT2D eigenvalue weighted by Gasteiger charge is -2.36. The number of carbonyl (C=O) groups excluding carboxylic acids is 1. The van der Waals surface area contributed by atoms with Crippen LogP contribution in [0.25, 0.3) is 0 Å². The van der Waals surface area contributed by atoms with Crippen molar-refractivity contribution in [3.8, 4) is 0 Å². The first kappa shape index (κ1) is 18.7. The standard InChI is InChI=1S/C21H27N5O2/c1-16-3-4-17(2)18(13-16)21(27)26-7-5-24(6-8-26)19-14-20(23-15-22-19)25-9-11-28-12-10-25/h3-4,13-15H,5-12H2,1-2H3. The molecule has 1 aromatic carbocycles. The second-order valence-electron chi connectivity index (χ2n) is 7.43. The lowest BCUT2D eigenvalue weighted by Crippen LogP contribution is -2.49. The number of anilines is 2. The van der Waals surface area contributed by atoms with E-state index < -0.39 is 0 Å². The first-order valence-corrected chi connectivity index (χ1v) is 9.88. The summed E-state index contributed by atoms with van der Waals surface area (Å²) >= 11 is 0. The Morgan fingerprint density at radius 3 is 2.21 bits per heavy atom. The minimum absolute atomic E-state index is 0.123. The Morgan fingerprint density at radius 2 is 1.54 bits per heavy atom. The summed E-state index contributed by atoms with van der Waals surface area (Å²) in [6.45, 7) is 10.1. The van der Waals surface area contributed by atoms with Crippen molar-refractivity contribution in [1.82, 2.24) is 14.9 Å². The third kappa shape index (κ3) is 3.94. The van der Waals surface area contributed by atoms with Crippen LogP contribution in [0.5, 0.6) is 0 Å². The van der Waals surface area contributed by atoms with Crippen LogP contribution in [0.1, 0.15) is 21.5 Å². The Labute approximate surface area is 165 Å². The summed E-state index contributed by atoms with van der Waals surface area (Å²) in [6.07, 6.45) is 1.63. The fourth-order valence-corrected chi connectivity index (χ4v) is 3.75. The Bertz CT molecular complexity index is 842. The third-order valence-corrected chi connectivity index (χ3v) is 5.49. The van der Waals surface area contributed by atoms with E-state index in [1.54, 1.807) is 6.33 Å². The van der Waals surface area contributed by atoms with Crippen molar-refractivity contribution in [3.63, 3.8) is 0 Å². The van der Waals surface area contributed by atoms with Crippen molar-refractivity contribution in [3.05, 3.63) is 47.3 Å². The zero-order valence-electron chi connectivity index (χ0n) is 16.6. The molecule has 7 nitrogen and oxygen atoms in total. The van der Waals surface area contributed by atoms with Crippen LogP contribution in [-0.2, 0) is 4.74 Å². The fourth-order valence-electron chi connectivity index (χ4n) is 3.75. The number of amides is 1. The summed E-state index contributed by atoms with van der Waals surface area (Å²) in [7, 11) is 0. The number of rotatable bonds is 3. The lowest BCUT2D eigenvalue weighted by atomic mass is 10.0. The molecule has 2 aliphatic heterocycles. The number of carbonyl (C=O) groups is 1. The first-order chi connectivity index (χ1) is 13.6. The quantitative estimate of drug-likeness (QED) is 0.809. The smallest absolute Gasteiger partial charge is 0.254 e. The summed E-state index contributed by atoms with van der Waals surface area (Å²) in [5.41, 5.74) is 2.96.